The average molecular weight is 247 g/mol. The van der Waals surface area contributed by atoms with Gasteiger partial charge in [-0.1, -0.05) is 30.3 Å². The maximum Gasteiger partial charge on any atom is 0.222 e. The molecule has 0 aromatic heterocycles. The molecular weight excluding hydrogens is 226 g/mol. The largest absolute Gasteiger partial charge is 0.393 e. The summed E-state index contributed by atoms with van der Waals surface area (Å²) in [6, 6.07) is 10.3. The minimum Gasteiger partial charge on any atom is -0.393 e. The first kappa shape index (κ1) is 13.1. The molecule has 1 aromatic rings. The third kappa shape index (κ3) is 3.33. The Balaban J connectivity index is 2.07. The first-order valence-corrected chi connectivity index (χ1v) is 6.68. The fraction of sp³-hybridized carbons (Fsp3) is 0.533. The zero-order chi connectivity index (χ0) is 13.0. The summed E-state index contributed by atoms with van der Waals surface area (Å²) in [5, 5.41) is 9.61. The van der Waals surface area contributed by atoms with E-state index in [1.54, 1.807) is 6.92 Å². The van der Waals surface area contributed by atoms with Gasteiger partial charge in [0.05, 0.1) is 6.10 Å². The number of likely N-dealkylation sites (tertiary alicyclic amines) is 1. The molecular formula is C15H21NO2. The number of amides is 1. The number of aliphatic hydroxyl groups excluding tert-OH is 1. The van der Waals surface area contributed by atoms with Crippen LogP contribution in [0.15, 0.2) is 30.3 Å². The Hall–Kier alpha value is -1.35. The summed E-state index contributed by atoms with van der Waals surface area (Å²) in [6.45, 7) is 2.63. The number of aliphatic hydroxyl groups is 1. The van der Waals surface area contributed by atoms with Gasteiger partial charge in [0.15, 0.2) is 0 Å². The van der Waals surface area contributed by atoms with E-state index in [2.05, 4.69) is 12.1 Å². The van der Waals surface area contributed by atoms with Gasteiger partial charge in [0.25, 0.3) is 0 Å². The van der Waals surface area contributed by atoms with Crippen LogP contribution in [0.1, 0.15) is 31.7 Å². The topological polar surface area (TPSA) is 40.5 Å². The summed E-state index contributed by atoms with van der Waals surface area (Å²) in [4.78, 5) is 13.8. The molecule has 1 aliphatic heterocycles. The molecule has 0 saturated carbocycles. The van der Waals surface area contributed by atoms with Crippen molar-refractivity contribution in [2.24, 2.45) is 0 Å². The summed E-state index contributed by atoms with van der Waals surface area (Å²) >= 11 is 0. The van der Waals surface area contributed by atoms with Crippen molar-refractivity contribution in [1.29, 1.82) is 0 Å². The highest BCUT2D eigenvalue weighted by molar-refractivity contribution is 5.78. The normalized spacial score (nSPS) is 19.0. The SMILES string of the molecule is CC(O)CC(Cc1ccccc1)N1CCCC1=O. The Morgan fingerprint density at radius 3 is 2.61 bits per heavy atom. The lowest BCUT2D eigenvalue weighted by atomic mass is 10.00. The lowest BCUT2D eigenvalue weighted by molar-refractivity contribution is -0.130. The number of benzene rings is 1. The molecule has 1 saturated heterocycles. The van der Waals surface area contributed by atoms with Crippen molar-refractivity contribution in [2.45, 2.75) is 44.8 Å². The molecule has 1 amide bonds. The molecule has 3 nitrogen and oxygen atoms in total. The van der Waals surface area contributed by atoms with Crippen LogP contribution < -0.4 is 0 Å². The van der Waals surface area contributed by atoms with Crippen LogP contribution in [-0.2, 0) is 11.2 Å². The van der Waals surface area contributed by atoms with Gasteiger partial charge in [-0.3, -0.25) is 4.79 Å². The van der Waals surface area contributed by atoms with Crippen molar-refractivity contribution in [1.82, 2.24) is 4.90 Å². The highest BCUT2D eigenvalue weighted by atomic mass is 16.3. The highest BCUT2D eigenvalue weighted by Crippen LogP contribution is 2.20. The van der Waals surface area contributed by atoms with Crippen molar-refractivity contribution in [3.8, 4) is 0 Å². The molecule has 2 rings (SSSR count). The second kappa shape index (κ2) is 6.01. The van der Waals surface area contributed by atoms with E-state index in [0.717, 1.165) is 19.4 Å². The van der Waals surface area contributed by atoms with Gasteiger partial charge in [-0.05, 0) is 31.7 Å². The van der Waals surface area contributed by atoms with Gasteiger partial charge < -0.3 is 10.0 Å². The van der Waals surface area contributed by atoms with Gasteiger partial charge in [-0.25, -0.2) is 0 Å². The van der Waals surface area contributed by atoms with Crippen molar-refractivity contribution in [3.05, 3.63) is 35.9 Å². The molecule has 1 N–H and O–H groups in total. The van der Waals surface area contributed by atoms with Gasteiger partial charge in [-0.2, -0.15) is 0 Å². The molecule has 0 radical (unpaired) electrons. The number of hydrogen-bond donors (Lipinski definition) is 1. The molecule has 0 aliphatic carbocycles. The Morgan fingerprint density at radius 2 is 2.06 bits per heavy atom. The van der Waals surface area contributed by atoms with Crippen LogP contribution in [0.5, 0.6) is 0 Å². The molecule has 1 aromatic carbocycles. The monoisotopic (exact) mass is 247 g/mol. The summed E-state index contributed by atoms with van der Waals surface area (Å²) in [5.41, 5.74) is 1.22. The average Bonchev–Trinajstić information content (AvgIpc) is 2.75. The van der Waals surface area contributed by atoms with Gasteiger partial charge in [0.1, 0.15) is 0 Å². The molecule has 0 spiro atoms. The van der Waals surface area contributed by atoms with Gasteiger partial charge >= 0.3 is 0 Å². The Bertz CT molecular complexity index is 389. The summed E-state index contributed by atoms with van der Waals surface area (Å²) in [7, 11) is 0. The van der Waals surface area contributed by atoms with Crippen molar-refractivity contribution >= 4 is 5.91 Å². The molecule has 98 valence electrons. The first-order chi connectivity index (χ1) is 8.66. The molecule has 2 atom stereocenters. The first-order valence-electron chi connectivity index (χ1n) is 6.68. The zero-order valence-electron chi connectivity index (χ0n) is 10.9. The van der Waals surface area contributed by atoms with E-state index in [0.29, 0.717) is 12.8 Å². The maximum atomic E-state index is 11.8. The van der Waals surface area contributed by atoms with E-state index in [-0.39, 0.29) is 18.1 Å². The van der Waals surface area contributed by atoms with Crippen LogP contribution in [0.25, 0.3) is 0 Å². The third-order valence-corrected chi connectivity index (χ3v) is 3.48. The van der Waals surface area contributed by atoms with E-state index in [9.17, 15) is 9.90 Å². The number of hydrogen-bond acceptors (Lipinski definition) is 2. The number of carbonyl (C=O) groups is 1. The van der Waals surface area contributed by atoms with Crippen LogP contribution in [-0.4, -0.2) is 34.6 Å². The third-order valence-electron chi connectivity index (χ3n) is 3.48. The van der Waals surface area contributed by atoms with Crippen molar-refractivity contribution < 1.29 is 9.90 Å². The van der Waals surface area contributed by atoms with Gasteiger partial charge in [0.2, 0.25) is 5.91 Å². The van der Waals surface area contributed by atoms with E-state index < -0.39 is 0 Å². The predicted octanol–water partition coefficient (Wildman–Crippen LogP) is 1.99. The smallest absolute Gasteiger partial charge is 0.222 e. The van der Waals surface area contributed by atoms with E-state index in [4.69, 9.17) is 0 Å². The van der Waals surface area contributed by atoms with Crippen LogP contribution in [0.4, 0.5) is 0 Å². The number of rotatable bonds is 5. The zero-order valence-corrected chi connectivity index (χ0v) is 10.9. The molecule has 1 aliphatic rings. The fourth-order valence-corrected chi connectivity index (χ4v) is 2.66. The standard InChI is InChI=1S/C15H21NO2/c1-12(17)10-14(16-9-5-8-15(16)18)11-13-6-3-2-4-7-13/h2-4,6-7,12,14,17H,5,8-11H2,1H3. The molecule has 1 fully saturated rings. The van der Waals surface area contributed by atoms with Crippen molar-refractivity contribution in [3.63, 3.8) is 0 Å². The maximum absolute atomic E-state index is 11.8. The molecule has 3 heteroatoms. The van der Waals surface area contributed by atoms with Crippen LogP contribution in [0.2, 0.25) is 0 Å². The summed E-state index contributed by atoms with van der Waals surface area (Å²) < 4.78 is 0. The second-order valence-electron chi connectivity index (χ2n) is 5.12. The molecule has 0 bridgehead atoms. The summed E-state index contributed by atoms with van der Waals surface area (Å²) in [6.07, 6.45) is 2.72. The second-order valence-corrected chi connectivity index (χ2v) is 5.12. The predicted molar refractivity (Wildman–Crippen MR) is 71.2 cm³/mol. The van der Waals surface area contributed by atoms with Crippen LogP contribution >= 0.6 is 0 Å². The summed E-state index contributed by atoms with van der Waals surface area (Å²) in [5.74, 6) is 0.233. The Kier molecular flexibility index (Phi) is 4.37. The minimum atomic E-state index is -0.368. The van der Waals surface area contributed by atoms with E-state index in [1.807, 2.05) is 23.1 Å². The Labute approximate surface area is 108 Å². The highest BCUT2D eigenvalue weighted by Gasteiger charge is 2.28. The molecule has 1 heterocycles. The fourth-order valence-electron chi connectivity index (χ4n) is 2.66. The van der Waals surface area contributed by atoms with E-state index >= 15 is 0 Å². The van der Waals surface area contributed by atoms with Gasteiger partial charge in [0, 0.05) is 19.0 Å². The molecule has 2 unspecified atom stereocenters. The quantitative estimate of drug-likeness (QED) is 0.864. The number of nitrogens with zero attached hydrogens (tertiary/aromatic N) is 1. The number of carbonyl (C=O) groups excluding carboxylic acids is 1. The van der Waals surface area contributed by atoms with Crippen molar-refractivity contribution in [2.75, 3.05) is 6.54 Å². The lowest BCUT2D eigenvalue weighted by Crippen LogP contribution is -2.39. The van der Waals surface area contributed by atoms with Crippen LogP contribution in [0, 0.1) is 0 Å². The van der Waals surface area contributed by atoms with Gasteiger partial charge in [-0.15, -0.1) is 0 Å². The lowest BCUT2D eigenvalue weighted by Gasteiger charge is -2.29. The minimum absolute atomic E-state index is 0.127. The van der Waals surface area contributed by atoms with E-state index in [1.165, 1.54) is 5.56 Å². The van der Waals surface area contributed by atoms with Crippen LogP contribution in [0.3, 0.4) is 0 Å². The molecule has 18 heavy (non-hydrogen) atoms. The Morgan fingerprint density at radius 1 is 1.33 bits per heavy atom.